The average molecular weight is 278 g/mol. The van der Waals surface area contributed by atoms with Gasteiger partial charge in [-0.05, 0) is 25.3 Å². The number of rotatable bonds is 6. The molecule has 2 aromatic heterocycles. The van der Waals surface area contributed by atoms with Crippen LogP contribution in [0.25, 0.3) is 10.2 Å². The van der Waals surface area contributed by atoms with Crippen LogP contribution in [0.2, 0.25) is 0 Å². The highest BCUT2D eigenvalue weighted by Gasteiger charge is 2.08. The topological polar surface area (TPSA) is 63.8 Å². The number of aromatic nitrogens is 2. The van der Waals surface area contributed by atoms with Crippen LogP contribution in [0.3, 0.4) is 0 Å². The molecule has 5 heteroatoms. The monoisotopic (exact) mass is 278 g/mol. The maximum atomic E-state index is 5.75. The fraction of sp³-hybridized carbons (Fsp3) is 0.571. The predicted molar refractivity (Wildman–Crippen MR) is 83.7 cm³/mol. The van der Waals surface area contributed by atoms with Crippen LogP contribution in [0.4, 0.5) is 11.8 Å². The predicted octanol–water partition coefficient (Wildman–Crippen LogP) is 3.82. The van der Waals surface area contributed by atoms with Crippen molar-refractivity contribution in [3.8, 4) is 0 Å². The lowest BCUT2D eigenvalue weighted by molar-refractivity contribution is 0.544. The molecule has 0 amide bonds. The van der Waals surface area contributed by atoms with E-state index < -0.39 is 0 Å². The molecule has 0 atom stereocenters. The molecular formula is C14H22N4S. The molecule has 104 valence electrons. The number of thiophene rings is 1. The summed E-state index contributed by atoms with van der Waals surface area (Å²) in [6, 6.07) is 2.12. The second-order valence-electron chi connectivity index (χ2n) is 5.32. The molecule has 2 aromatic rings. The van der Waals surface area contributed by atoms with Crippen molar-refractivity contribution >= 4 is 33.3 Å². The Hall–Kier alpha value is -1.36. The van der Waals surface area contributed by atoms with Gasteiger partial charge in [0.15, 0.2) is 0 Å². The third-order valence-corrected chi connectivity index (χ3v) is 3.98. The van der Waals surface area contributed by atoms with Crippen molar-refractivity contribution in [1.29, 1.82) is 0 Å². The highest BCUT2D eigenvalue weighted by molar-refractivity contribution is 7.18. The lowest BCUT2D eigenvalue weighted by atomic mass is 10.1. The van der Waals surface area contributed by atoms with Gasteiger partial charge < -0.3 is 11.1 Å². The molecule has 0 bridgehead atoms. The smallest absolute Gasteiger partial charge is 0.223 e. The van der Waals surface area contributed by atoms with Crippen molar-refractivity contribution in [2.24, 2.45) is 5.92 Å². The van der Waals surface area contributed by atoms with Crippen molar-refractivity contribution in [2.45, 2.75) is 40.0 Å². The Balaban J connectivity index is 1.99. The molecule has 0 saturated heterocycles. The SMILES string of the molecule is Cc1cc2c(NCCCCC(C)C)nc(N)nc2s1. The molecule has 0 saturated carbocycles. The largest absolute Gasteiger partial charge is 0.369 e. The number of unbranched alkanes of at least 4 members (excludes halogenated alkanes) is 1. The first-order valence-electron chi connectivity index (χ1n) is 6.84. The van der Waals surface area contributed by atoms with Gasteiger partial charge in [0.1, 0.15) is 10.6 Å². The van der Waals surface area contributed by atoms with Crippen molar-refractivity contribution in [2.75, 3.05) is 17.6 Å². The summed E-state index contributed by atoms with van der Waals surface area (Å²) in [7, 11) is 0. The van der Waals surface area contributed by atoms with Gasteiger partial charge in [0.25, 0.3) is 0 Å². The van der Waals surface area contributed by atoms with E-state index in [-0.39, 0.29) is 0 Å². The Kier molecular flexibility index (Phi) is 4.58. The first-order valence-corrected chi connectivity index (χ1v) is 7.65. The van der Waals surface area contributed by atoms with Crippen LogP contribution in [0.1, 0.15) is 38.0 Å². The Morgan fingerprint density at radius 1 is 1.32 bits per heavy atom. The Labute approximate surface area is 118 Å². The average Bonchev–Trinajstić information content (AvgIpc) is 2.68. The minimum atomic E-state index is 0.346. The number of anilines is 2. The lowest BCUT2D eigenvalue weighted by Crippen LogP contribution is -2.06. The van der Waals surface area contributed by atoms with Crippen molar-refractivity contribution < 1.29 is 0 Å². The zero-order chi connectivity index (χ0) is 13.8. The fourth-order valence-electron chi connectivity index (χ4n) is 2.08. The van der Waals surface area contributed by atoms with E-state index in [9.17, 15) is 0 Å². The van der Waals surface area contributed by atoms with E-state index in [1.54, 1.807) is 11.3 Å². The fourth-order valence-corrected chi connectivity index (χ4v) is 2.96. The minimum absolute atomic E-state index is 0.346. The zero-order valence-corrected chi connectivity index (χ0v) is 12.7. The molecule has 0 aromatic carbocycles. The molecule has 0 radical (unpaired) electrons. The Morgan fingerprint density at radius 3 is 2.84 bits per heavy atom. The van der Waals surface area contributed by atoms with Crippen molar-refractivity contribution in [3.63, 3.8) is 0 Å². The number of fused-ring (bicyclic) bond motifs is 1. The van der Waals surface area contributed by atoms with Crippen LogP contribution in [-0.2, 0) is 0 Å². The second-order valence-corrected chi connectivity index (χ2v) is 6.56. The summed E-state index contributed by atoms with van der Waals surface area (Å²) >= 11 is 1.66. The van der Waals surface area contributed by atoms with Crippen LogP contribution >= 0.6 is 11.3 Å². The van der Waals surface area contributed by atoms with Gasteiger partial charge in [0.05, 0.1) is 5.39 Å². The van der Waals surface area contributed by atoms with Gasteiger partial charge in [-0.25, -0.2) is 4.98 Å². The van der Waals surface area contributed by atoms with E-state index in [4.69, 9.17) is 5.73 Å². The normalized spacial score (nSPS) is 11.4. The number of hydrogen-bond donors (Lipinski definition) is 2. The first kappa shape index (κ1) is 14.1. The second kappa shape index (κ2) is 6.19. The summed E-state index contributed by atoms with van der Waals surface area (Å²) in [5, 5.41) is 4.47. The molecule has 0 unspecified atom stereocenters. The summed E-state index contributed by atoms with van der Waals surface area (Å²) < 4.78 is 0. The lowest BCUT2D eigenvalue weighted by Gasteiger charge is -2.08. The van der Waals surface area contributed by atoms with Crippen LogP contribution < -0.4 is 11.1 Å². The van der Waals surface area contributed by atoms with E-state index in [0.717, 1.165) is 34.9 Å². The molecule has 4 nitrogen and oxygen atoms in total. The standard InChI is InChI=1S/C14H22N4S/c1-9(2)6-4-5-7-16-12-11-8-10(3)19-13(11)18-14(15)17-12/h8-9H,4-7H2,1-3H3,(H3,15,16,17,18). The van der Waals surface area contributed by atoms with Crippen LogP contribution in [0.5, 0.6) is 0 Å². The van der Waals surface area contributed by atoms with Gasteiger partial charge in [0, 0.05) is 11.4 Å². The van der Waals surface area contributed by atoms with E-state index >= 15 is 0 Å². The van der Waals surface area contributed by atoms with Gasteiger partial charge in [0.2, 0.25) is 5.95 Å². The molecule has 0 spiro atoms. The number of nitrogens with two attached hydrogens (primary N) is 1. The van der Waals surface area contributed by atoms with E-state index in [1.807, 2.05) is 0 Å². The Morgan fingerprint density at radius 2 is 2.11 bits per heavy atom. The summed E-state index contributed by atoms with van der Waals surface area (Å²) in [5.74, 6) is 2.00. The minimum Gasteiger partial charge on any atom is -0.369 e. The maximum absolute atomic E-state index is 5.75. The molecular weight excluding hydrogens is 256 g/mol. The van der Waals surface area contributed by atoms with Crippen LogP contribution in [-0.4, -0.2) is 16.5 Å². The molecule has 0 aliphatic carbocycles. The number of nitrogen functional groups attached to an aromatic ring is 1. The Bertz CT molecular complexity index is 548. The van der Waals surface area contributed by atoms with Gasteiger partial charge in [-0.3, -0.25) is 0 Å². The third-order valence-electron chi connectivity index (χ3n) is 3.03. The third kappa shape index (κ3) is 3.80. The van der Waals surface area contributed by atoms with Gasteiger partial charge in [-0.15, -0.1) is 11.3 Å². The number of hydrogen-bond acceptors (Lipinski definition) is 5. The quantitative estimate of drug-likeness (QED) is 0.788. The summed E-state index contributed by atoms with van der Waals surface area (Å²) in [6.45, 7) is 7.54. The van der Waals surface area contributed by atoms with Gasteiger partial charge >= 0.3 is 0 Å². The highest BCUT2D eigenvalue weighted by Crippen LogP contribution is 2.28. The number of aryl methyl sites for hydroxylation is 1. The summed E-state index contributed by atoms with van der Waals surface area (Å²) in [5.41, 5.74) is 5.75. The summed E-state index contributed by atoms with van der Waals surface area (Å²) in [4.78, 5) is 10.8. The van der Waals surface area contributed by atoms with Crippen molar-refractivity contribution in [3.05, 3.63) is 10.9 Å². The zero-order valence-electron chi connectivity index (χ0n) is 11.9. The highest BCUT2D eigenvalue weighted by atomic mass is 32.1. The molecule has 19 heavy (non-hydrogen) atoms. The molecule has 3 N–H and O–H groups in total. The molecule has 0 fully saturated rings. The van der Waals surface area contributed by atoms with E-state index in [2.05, 4.69) is 42.1 Å². The maximum Gasteiger partial charge on any atom is 0.223 e. The van der Waals surface area contributed by atoms with Gasteiger partial charge in [-0.2, -0.15) is 4.98 Å². The van der Waals surface area contributed by atoms with Gasteiger partial charge in [-0.1, -0.05) is 26.7 Å². The van der Waals surface area contributed by atoms with Crippen molar-refractivity contribution in [1.82, 2.24) is 9.97 Å². The van der Waals surface area contributed by atoms with Crippen LogP contribution in [0.15, 0.2) is 6.07 Å². The molecule has 2 heterocycles. The molecule has 0 aliphatic rings. The summed E-state index contributed by atoms with van der Waals surface area (Å²) in [6.07, 6.45) is 3.68. The van der Waals surface area contributed by atoms with E-state index in [0.29, 0.717) is 5.95 Å². The first-order chi connectivity index (χ1) is 9.06. The number of nitrogens with zero attached hydrogens (tertiary/aromatic N) is 2. The number of nitrogens with one attached hydrogen (secondary N) is 1. The molecule has 2 rings (SSSR count). The molecule has 0 aliphatic heterocycles. The van der Waals surface area contributed by atoms with E-state index in [1.165, 1.54) is 17.7 Å². The van der Waals surface area contributed by atoms with Crippen LogP contribution in [0, 0.1) is 12.8 Å².